The smallest absolute Gasteiger partial charge is 0.461 e. The maximum atomic E-state index is 13.0. The first-order chi connectivity index (χ1) is 15.7. The second-order valence-corrected chi connectivity index (χ2v) is 6.88. The highest BCUT2D eigenvalue weighted by Crippen LogP contribution is 2.36. The van der Waals surface area contributed by atoms with E-state index in [0.29, 0.717) is 4.90 Å². The predicted octanol–water partition coefficient (Wildman–Crippen LogP) is 3.23. The highest BCUT2D eigenvalue weighted by Gasteiger charge is 2.42. The van der Waals surface area contributed by atoms with Crippen molar-refractivity contribution in [2.75, 3.05) is 11.4 Å². The summed E-state index contributed by atoms with van der Waals surface area (Å²) < 4.78 is 47.3. The minimum atomic E-state index is -5.02. The normalized spacial score (nSPS) is 15.2. The number of nitrogens with two attached hydrogens (primary N) is 1. The van der Waals surface area contributed by atoms with Gasteiger partial charge in [-0.05, 0) is 42.0 Å². The van der Waals surface area contributed by atoms with E-state index in [9.17, 15) is 27.6 Å². The lowest BCUT2D eigenvalue weighted by atomic mass is 10.1. The molecule has 0 radical (unpaired) electrons. The fourth-order valence-electron chi connectivity index (χ4n) is 3.30. The molecule has 2 N–H and O–H groups in total. The summed E-state index contributed by atoms with van der Waals surface area (Å²) in [6, 6.07) is 9.61. The number of benzene rings is 1. The number of rotatable bonds is 6. The number of carbonyl (C=O) groups is 3. The maximum absolute atomic E-state index is 13.0. The number of carbonyl (C=O) groups excluding carboxylic acids is 3. The quantitative estimate of drug-likeness (QED) is 0.443. The number of pyridine rings is 1. The van der Waals surface area contributed by atoms with E-state index in [1.165, 1.54) is 48.9 Å². The third kappa shape index (κ3) is 4.41. The minimum absolute atomic E-state index is 0.00310. The van der Waals surface area contributed by atoms with E-state index in [2.05, 4.69) is 9.72 Å². The predicted molar refractivity (Wildman–Crippen MR) is 106 cm³/mol. The van der Waals surface area contributed by atoms with Gasteiger partial charge in [0.15, 0.2) is 11.5 Å². The highest BCUT2D eigenvalue weighted by atomic mass is 19.4. The van der Waals surface area contributed by atoms with Gasteiger partial charge in [-0.3, -0.25) is 19.5 Å². The first-order valence-corrected chi connectivity index (χ1v) is 9.44. The molecule has 1 unspecified atom stereocenters. The van der Waals surface area contributed by atoms with Crippen LogP contribution in [0, 0.1) is 0 Å². The first-order valence-electron chi connectivity index (χ1n) is 9.44. The Hall–Kier alpha value is -4.19. The maximum Gasteiger partial charge on any atom is 0.573 e. The van der Waals surface area contributed by atoms with Gasteiger partial charge in [-0.25, -0.2) is 9.69 Å². The van der Waals surface area contributed by atoms with Gasteiger partial charge < -0.3 is 14.9 Å². The molecule has 3 aromatic rings. The largest absolute Gasteiger partial charge is 0.573 e. The Morgan fingerprint density at radius 2 is 1.91 bits per heavy atom. The van der Waals surface area contributed by atoms with E-state index in [4.69, 9.17) is 10.2 Å². The molecule has 0 saturated carbocycles. The molecule has 9 nitrogen and oxygen atoms in total. The number of aromatic nitrogens is 1. The molecule has 1 saturated heterocycles. The zero-order chi connectivity index (χ0) is 23.8. The highest BCUT2D eigenvalue weighted by molar-refractivity contribution is 6.20. The summed E-state index contributed by atoms with van der Waals surface area (Å²) in [6.07, 6.45) is -3.58. The molecule has 33 heavy (non-hydrogen) atoms. The van der Waals surface area contributed by atoms with Gasteiger partial charge in [0.25, 0.3) is 5.91 Å². The Morgan fingerprint density at radius 1 is 1.15 bits per heavy atom. The third-order valence-electron chi connectivity index (χ3n) is 4.76. The summed E-state index contributed by atoms with van der Waals surface area (Å²) in [5, 5.41) is 0. The first kappa shape index (κ1) is 22.0. The number of nitrogens with zero attached hydrogens (tertiary/aromatic N) is 3. The average Bonchev–Trinajstić information content (AvgIpc) is 3.41. The zero-order valence-corrected chi connectivity index (χ0v) is 16.7. The average molecular weight is 460 g/mol. The Kier molecular flexibility index (Phi) is 5.60. The molecule has 0 aliphatic carbocycles. The van der Waals surface area contributed by atoms with Crippen molar-refractivity contribution < 1.29 is 36.7 Å². The molecule has 0 bridgehead atoms. The number of ketones is 1. The molecule has 1 aliphatic heterocycles. The van der Waals surface area contributed by atoms with Crippen molar-refractivity contribution >= 4 is 23.4 Å². The summed E-state index contributed by atoms with van der Waals surface area (Å²) in [5.41, 5.74) is 6.08. The fourth-order valence-corrected chi connectivity index (χ4v) is 3.30. The molecule has 1 aliphatic rings. The number of ether oxygens (including phenoxy) is 1. The summed E-state index contributed by atoms with van der Waals surface area (Å²) >= 11 is 0. The van der Waals surface area contributed by atoms with Crippen molar-refractivity contribution in [1.29, 1.82) is 0 Å². The van der Waals surface area contributed by atoms with Crippen molar-refractivity contribution in [3.8, 4) is 5.75 Å². The van der Waals surface area contributed by atoms with Crippen LogP contribution in [-0.2, 0) is 4.79 Å². The van der Waals surface area contributed by atoms with Gasteiger partial charge >= 0.3 is 12.4 Å². The van der Waals surface area contributed by atoms with Crippen molar-refractivity contribution in [3.63, 3.8) is 0 Å². The number of anilines is 1. The van der Waals surface area contributed by atoms with E-state index in [0.717, 1.165) is 17.0 Å². The number of para-hydroxylation sites is 2. The molecule has 1 aromatic carbocycles. The molecule has 3 heterocycles. The van der Waals surface area contributed by atoms with Crippen LogP contribution in [0.5, 0.6) is 5.75 Å². The monoisotopic (exact) mass is 460 g/mol. The number of urea groups is 1. The van der Waals surface area contributed by atoms with Crippen LogP contribution in [0.1, 0.15) is 28.0 Å². The molecule has 4 rings (SSSR count). The van der Waals surface area contributed by atoms with Crippen LogP contribution in [0.4, 0.5) is 23.7 Å². The lowest BCUT2D eigenvalue weighted by molar-refractivity contribution is -0.274. The second-order valence-electron chi connectivity index (χ2n) is 6.88. The van der Waals surface area contributed by atoms with E-state index in [1.54, 1.807) is 0 Å². The second kappa shape index (κ2) is 8.39. The molecule has 2 aromatic heterocycles. The standard InChI is InChI=1S/C21H15F3N4O5/c22-21(23,24)33-15-5-2-1-4-14(15)28-17(29)11-27(20(28)31)19(25)12-7-8-26-13(10-12)18(30)16-6-3-9-32-16/h1-10,19H,11,25H2. The van der Waals surface area contributed by atoms with Crippen LogP contribution < -0.4 is 15.4 Å². The van der Waals surface area contributed by atoms with Crippen LogP contribution in [0.25, 0.3) is 0 Å². The van der Waals surface area contributed by atoms with Gasteiger partial charge in [0, 0.05) is 6.20 Å². The summed E-state index contributed by atoms with van der Waals surface area (Å²) in [4.78, 5) is 43.5. The van der Waals surface area contributed by atoms with Crippen molar-refractivity contribution in [2.24, 2.45) is 5.73 Å². The molecule has 3 amide bonds. The van der Waals surface area contributed by atoms with Gasteiger partial charge in [-0.1, -0.05) is 12.1 Å². The Morgan fingerprint density at radius 3 is 2.61 bits per heavy atom. The molecule has 12 heteroatoms. The molecular weight excluding hydrogens is 445 g/mol. The van der Waals surface area contributed by atoms with Gasteiger partial charge in [0.2, 0.25) is 5.78 Å². The number of hydrogen-bond acceptors (Lipinski definition) is 7. The molecular formula is C21H15F3N4O5. The van der Waals surface area contributed by atoms with Crippen molar-refractivity contribution in [1.82, 2.24) is 9.88 Å². The van der Waals surface area contributed by atoms with Gasteiger partial charge in [-0.15, -0.1) is 13.2 Å². The number of amides is 3. The van der Waals surface area contributed by atoms with E-state index in [-0.39, 0.29) is 22.7 Å². The summed E-state index contributed by atoms with van der Waals surface area (Å²) in [6.45, 7) is -0.496. The number of hydrogen-bond donors (Lipinski definition) is 1. The van der Waals surface area contributed by atoms with Crippen LogP contribution in [0.15, 0.2) is 65.4 Å². The Bertz CT molecular complexity index is 1210. The lowest BCUT2D eigenvalue weighted by Gasteiger charge is -2.24. The molecule has 170 valence electrons. The fraction of sp³-hybridized carbons (Fsp3) is 0.143. The van der Waals surface area contributed by atoms with E-state index in [1.807, 2.05) is 0 Å². The number of imide groups is 1. The number of halogens is 3. The van der Waals surface area contributed by atoms with Crippen LogP contribution in [0.2, 0.25) is 0 Å². The van der Waals surface area contributed by atoms with E-state index >= 15 is 0 Å². The van der Waals surface area contributed by atoms with Gasteiger partial charge in [0.05, 0.1) is 12.0 Å². The van der Waals surface area contributed by atoms with E-state index < -0.39 is 42.5 Å². The molecule has 0 spiro atoms. The van der Waals surface area contributed by atoms with Crippen LogP contribution >= 0.6 is 0 Å². The van der Waals surface area contributed by atoms with Crippen LogP contribution in [-0.4, -0.2) is 40.5 Å². The topological polar surface area (TPSA) is 119 Å². The number of furan rings is 1. The zero-order valence-electron chi connectivity index (χ0n) is 16.7. The Balaban J connectivity index is 1.60. The SMILES string of the molecule is NC(c1ccnc(C(=O)c2ccco2)c1)N1CC(=O)N(c2ccccc2OC(F)(F)F)C1=O. The van der Waals surface area contributed by atoms with Crippen LogP contribution in [0.3, 0.4) is 0 Å². The number of alkyl halides is 3. The summed E-state index contributed by atoms with van der Waals surface area (Å²) in [7, 11) is 0. The van der Waals surface area contributed by atoms with Gasteiger partial charge in [0.1, 0.15) is 18.4 Å². The van der Waals surface area contributed by atoms with Gasteiger partial charge in [-0.2, -0.15) is 0 Å². The molecule has 1 atom stereocenters. The van der Waals surface area contributed by atoms with Crippen molar-refractivity contribution in [2.45, 2.75) is 12.5 Å². The lowest BCUT2D eigenvalue weighted by Crippen LogP contribution is -2.39. The molecule has 1 fully saturated rings. The van der Waals surface area contributed by atoms with Crippen molar-refractivity contribution in [3.05, 3.63) is 78.0 Å². The minimum Gasteiger partial charge on any atom is -0.461 e. The third-order valence-corrected chi connectivity index (χ3v) is 4.76. The summed E-state index contributed by atoms with van der Waals surface area (Å²) in [5.74, 6) is -1.97. The Labute approximate surface area is 184 Å².